The van der Waals surface area contributed by atoms with Gasteiger partial charge in [-0.3, -0.25) is 4.99 Å². The molecule has 0 fully saturated rings. The van der Waals surface area contributed by atoms with E-state index >= 15 is 0 Å². The Labute approximate surface area is 84.3 Å². The fraction of sp³-hybridized carbons (Fsp3) is 0.0833. The average molecular weight is 187 g/mol. The highest BCUT2D eigenvalue weighted by Gasteiger charge is 1.95. The van der Waals surface area contributed by atoms with Crippen molar-refractivity contribution in [2.24, 2.45) is 4.99 Å². The lowest BCUT2D eigenvalue weighted by molar-refractivity contribution is 0.554. The minimum Gasteiger partial charge on any atom is -0.439 e. The van der Waals surface area contributed by atoms with E-state index < -0.39 is 0 Å². The lowest BCUT2D eigenvalue weighted by atomic mass is 10.3. The normalized spacial score (nSPS) is 11.6. The number of rotatable bonds is 3. The lowest BCUT2D eigenvalue weighted by Gasteiger charge is -2.03. The van der Waals surface area contributed by atoms with E-state index in [0.717, 1.165) is 5.75 Å². The van der Waals surface area contributed by atoms with Gasteiger partial charge in [0.05, 0.1) is 0 Å². The van der Waals surface area contributed by atoms with Crippen LogP contribution in [-0.2, 0) is 0 Å². The van der Waals surface area contributed by atoms with Crippen LogP contribution in [0, 0.1) is 0 Å². The molecule has 2 nitrogen and oxygen atoms in total. The van der Waals surface area contributed by atoms with Gasteiger partial charge < -0.3 is 4.74 Å². The third kappa shape index (κ3) is 3.27. The Balaban J connectivity index is 2.67. The van der Waals surface area contributed by atoms with Crippen molar-refractivity contribution < 1.29 is 4.74 Å². The first-order chi connectivity index (χ1) is 6.86. The van der Waals surface area contributed by atoms with Gasteiger partial charge in [-0.25, -0.2) is 0 Å². The molecule has 0 aromatic heterocycles. The first kappa shape index (κ1) is 10.3. The summed E-state index contributed by atoms with van der Waals surface area (Å²) in [7, 11) is 1.69. The van der Waals surface area contributed by atoms with Crippen LogP contribution in [0.5, 0.6) is 5.75 Å². The van der Waals surface area contributed by atoms with E-state index in [1.807, 2.05) is 30.3 Å². The Bertz CT molecular complexity index is 339. The maximum absolute atomic E-state index is 5.48. The fourth-order valence-corrected chi connectivity index (χ4v) is 0.914. The lowest BCUT2D eigenvalue weighted by Crippen LogP contribution is -2.04. The van der Waals surface area contributed by atoms with Gasteiger partial charge in [0, 0.05) is 13.1 Å². The van der Waals surface area contributed by atoms with Crippen LogP contribution >= 0.6 is 0 Å². The summed E-state index contributed by atoms with van der Waals surface area (Å²) in [4.78, 5) is 3.98. The van der Waals surface area contributed by atoms with Crippen molar-refractivity contribution in [3.05, 3.63) is 55.1 Å². The van der Waals surface area contributed by atoms with Gasteiger partial charge in [0.1, 0.15) is 5.75 Å². The van der Waals surface area contributed by atoms with Crippen molar-refractivity contribution in [3.8, 4) is 5.75 Å². The van der Waals surface area contributed by atoms with Gasteiger partial charge in [0.2, 0.25) is 5.90 Å². The number of ether oxygens (including phenoxy) is 1. The summed E-state index contributed by atoms with van der Waals surface area (Å²) in [5.74, 6) is 1.35. The van der Waals surface area contributed by atoms with Crippen molar-refractivity contribution in [3.63, 3.8) is 0 Å². The van der Waals surface area contributed by atoms with Crippen molar-refractivity contribution in [1.82, 2.24) is 0 Å². The first-order valence-corrected chi connectivity index (χ1v) is 4.35. The molecule has 0 saturated carbocycles. The number of nitrogens with zero attached hydrogens (tertiary/aromatic N) is 1. The second kappa shape index (κ2) is 5.75. The van der Waals surface area contributed by atoms with Crippen molar-refractivity contribution in [2.75, 3.05) is 7.05 Å². The zero-order valence-electron chi connectivity index (χ0n) is 8.18. The van der Waals surface area contributed by atoms with Crippen LogP contribution in [0.1, 0.15) is 0 Å². The second-order valence-electron chi connectivity index (χ2n) is 2.57. The number of allylic oxidation sites excluding steroid dienone is 2. The summed E-state index contributed by atoms with van der Waals surface area (Å²) in [6.45, 7) is 3.58. The number of hydrogen-bond donors (Lipinski definition) is 0. The third-order valence-corrected chi connectivity index (χ3v) is 1.56. The molecule has 0 bridgehead atoms. The monoisotopic (exact) mass is 187 g/mol. The second-order valence-corrected chi connectivity index (χ2v) is 2.57. The topological polar surface area (TPSA) is 21.6 Å². The highest BCUT2D eigenvalue weighted by molar-refractivity contribution is 5.89. The summed E-state index contributed by atoms with van der Waals surface area (Å²) >= 11 is 0. The van der Waals surface area contributed by atoms with Crippen LogP contribution in [0.3, 0.4) is 0 Å². The SMILES string of the molecule is C=C/C=C\C(=NC)Oc1ccccc1. The standard InChI is InChI=1S/C12H13NO/c1-3-4-10-12(13-2)14-11-8-6-5-7-9-11/h3-10H,1H2,2H3/b10-4-,13-12?. The molecule has 0 aliphatic heterocycles. The predicted octanol–water partition coefficient (Wildman–Crippen LogP) is 2.84. The molecule has 0 unspecified atom stereocenters. The van der Waals surface area contributed by atoms with E-state index in [1.54, 1.807) is 25.3 Å². The molecule has 14 heavy (non-hydrogen) atoms. The summed E-state index contributed by atoms with van der Waals surface area (Å²) in [6, 6.07) is 9.54. The minimum absolute atomic E-state index is 0.566. The number of para-hydroxylation sites is 1. The third-order valence-electron chi connectivity index (χ3n) is 1.56. The average Bonchev–Trinajstić information content (AvgIpc) is 2.25. The van der Waals surface area contributed by atoms with Crippen LogP contribution in [0.2, 0.25) is 0 Å². The molecular formula is C12H13NO. The Kier molecular flexibility index (Phi) is 4.21. The smallest absolute Gasteiger partial charge is 0.214 e. The van der Waals surface area contributed by atoms with Crippen molar-refractivity contribution >= 4 is 5.90 Å². The maximum Gasteiger partial charge on any atom is 0.214 e. The molecule has 0 aliphatic rings. The number of aliphatic imine (C=N–C) groups is 1. The summed E-state index contributed by atoms with van der Waals surface area (Å²) in [5, 5.41) is 0. The summed E-state index contributed by atoms with van der Waals surface area (Å²) in [5.41, 5.74) is 0. The number of benzene rings is 1. The highest BCUT2D eigenvalue weighted by atomic mass is 16.5. The Morgan fingerprint density at radius 3 is 2.64 bits per heavy atom. The molecule has 0 spiro atoms. The van der Waals surface area contributed by atoms with E-state index in [-0.39, 0.29) is 0 Å². The molecule has 72 valence electrons. The Hall–Kier alpha value is -1.83. The molecule has 0 heterocycles. The maximum atomic E-state index is 5.48. The van der Waals surface area contributed by atoms with Gasteiger partial charge in [0.15, 0.2) is 0 Å². The highest BCUT2D eigenvalue weighted by Crippen LogP contribution is 2.08. The molecule has 2 heteroatoms. The first-order valence-electron chi connectivity index (χ1n) is 4.35. The van der Waals surface area contributed by atoms with Crippen molar-refractivity contribution in [2.45, 2.75) is 0 Å². The summed E-state index contributed by atoms with van der Waals surface area (Å²) < 4.78 is 5.48. The zero-order valence-corrected chi connectivity index (χ0v) is 8.18. The molecule has 1 aromatic rings. The van der Waals surface area contributed by atoms with Gasteiger partial charge in [-0.05, 0) is 12.1 Å². The minimum atomic E-state index is 0.566. The van der Waals surface area contributed by atoms with E-state index in [2.05, 4.69) is 11.6 Å². The van der Waals surface area contributed by atoms with Crippen molar-refractivity contribution in [1.29, 1.82) is 0 Å². The zero-order chi connectivity index (χ0) is 10.2. The molecule has 1 rings (SSSR count). The van der Waals surface area contributed by atoms with Crippen LogP contribution in [0.15, 0.2) is 60.1 Å². The molecule has 0 atom stereocenters. The van der Waals surface area contributed by atoms with E-state index in [1.165, 1.54) is 0 Å². The van der Waals surface area contributed by atoms with Crippen LogP contribution in [-0.4, -0.2) is 12.9 Å². The summed E-state index contributed by atoms with van der Waals surface area (Å²) in [6.07, 6.45) is 5.23. The largest absolute Gasteiger partial charge is 0.439 e. The van der Waals surface area contributed by atoms with Crippen LogP contribution in [0.4, 0.5) is 0 Å². The van der Waals surface area contributed by atoms with E-state index in [0.29, 0.717) is 5.90 Å². The molecule has 0 radical (unpaired) electrons. The molecule has 0 aliphatic carbocycles. The van der Waals surface area contributed by atoms with E-state index in [9.17, 15) is 0 Å². The molecule has 0 amide bonds. The molecule has 1 aromatic carbocycles. The van der Waals surface area contributed by atoms with Gasteiger partial charge in [-0.15, -0.1) is 0 Å². The molecular weight excluding hydrogens is 174 g/mol. The fourth-order valence-electron chi connectivity index (χ4n) is 0.914. The van der Waals surface area contributed by atoms with Crippen LogP contribution < -0.4 is 4.74 Å². The Morgan fingerprint density at radius 2 is 2.07 bits per heavy atom. The van der Waals surface area contributed by atoms with E-state index in [4.69, 9.17) is 4.74 Å². The van der Waals surface area contributed by atoms with Gasteiger partial charge in [0.25, 0.3) is 0 Å². The predicted molar refractivity (Wildman–Crippen MR) is 59.8 cm³/mol. The Morgan fingerprint density at radius 1 is 1.36 bits per heavy atom. The quantitative estimate of drug-likeness (QED) is 0.405. The van der Waals surface area contributed by atoms with Gasteiger partial charge in [-0.1, -0.05) is 36.9 Å². The van der Waals surface area contributed by atoms with Gasteiger partial charge in [-0.2, -0.15) is 0 Å². The van der Waals surface area contributed by atoms with Crippen LogP contribution in [0.25, 0.3) is 0 Å². The molecule has 0 saturated heterocycles. The number of hydrogen-bond acceptors (Lipinski definition) is 2. The molecule has 0 N–H and O–H groups in total. The van der Waals surface area contributed by atoms with Gasteiger partial charge >= 0.3 is 0 Å².